The lowest BCUT2D eigenvalue weighted by Gasteiger charge is -2.09. The predicted octanol–water partition coefficient (Wildman–Crippen LogP) is 3.83. The van der Waals surface area contributed by atoms with Gasteiger partial charge in [0, 0.05) is 23.4 Å². The van der Waals surface area contributed by atoms with Crippen molar-refractivity contribution in [3.63, 3.8) is 0 Å². The fourth-order valence-electron chi connectivity index (χ4n) is 3.65. The molecule has 4 rings (SSSR count). The number of hydrogen-bond donors (Lipinski definition) is 1. The van der Waals surface area contributed by atoms with Crippen molar-refractivity contribution in [2.24, 2.45) is 4.99 Å². The minimum absolute atomic E-state index is 0.0950. The zero-order valence-electron chi connectivity index (χ0n) is 20.8. The van der Waals surface area contributed by atoms with Gasteiger partial charge in [0.15, 0.2) is 16.3 Å². The van der Waals surface area contributed by atoms with E-state index in [0.717, 1.165) is 0 Å². The summed E-state index contributed by atoms with van der Waals surface area (Å²) in [6.07, 6.45) is 0. The number of benzene rings is 3. The number of nitrogens with one attached hydrogen (secondary N) is 1. The molecule has 0 atom stereocenters. The number of rotatable bonds is 9. The molecule has 0 aliphatic heterocycles. The highest BCUT2D eigenvalue weighted by Gasteiger charge is 2.18. The number of esters is 1. The number of hydrogen-bond acceptors (Lipinski definition) is 8. The van der Waals surface area contributed by atoms with Gasteiger partial charge in [0.1, 0.15) is 6.54 Å². The Kier molecular flexibility index (Phi) is 8.13. The second-order valence-corrected chi connectivity index (χ2v) is 10.6. The van der Waals surface area contributed by atoms with Gasteiger partial charge in [0.05, 0.1) is 35.9 Å². The Hall–Kier alpha value is -4.16. The van der Waals surface area contributed by atoms with Crippen molar-refractivity contribution in [3.05, 3.63) is 77.1 Å². The van der Waals surface area contributed by atoms with Crippen LogP contribution in [0.3, 0.4) is 0 Å². The lowest BCUT2D eigenvalue weighted by atomic mass is 10.2. The van der Waals surface area contributed by atoms with Crippen LogP contribution in [0.5, 0.6) is 11.5 Å². The Morgan fingerprint density at radius 1 is 0.974 bits per heavy atom. The molecule has 0 unspecified atom stereocenters. The molecule has 0 bridgehead atoms. The Morgan fingerprint density at radius 2 is 1.68 bits per heavy atom. The average molecular weight is 556 g/mol. The first-order chi connectivity index (χ1) is 18.2. The van der Waals surface area contributed by atoms with Gasteiger partial charge in [-0.3, -0.25) is 14.3 Å². The van der Waals surface area contributed by atoms with Crippen molar-refractivity contribution in [3.8, 4) is 11.5 Å². The summed E-state index contributed by atoms with van der Waals surface area (Å²) in [7, 11) is -0.829. The molecule has 10 nitrogen and oxygen atoms in total. The van der Waals surface area contributed by atoms with Crippen LogP contribution in [-0.4, -0.2) is 45.7 Å². The number of fused-ring (bicyclic) bond motifs is 1. The molecule has 0 fully saturated rings. The number of sulfonamides is 1. The quantitative estimate of drug-likeness (QED) is 0.311. The molecule has 0 aliphatic carbocycles. The summed E-state index contributed by atoms with van der Waals surface area (Å²) >= 11 is 1.19. The van der Waals surface area contributed by atoms with E-state index in [1.54, 1.807) is 47.9 Å². The normalized spacial score (nSPS) is 11.8. The third-order valence-electron chi connectivity index (χ3n) is 5.39. The number of amides is 1. The highest BCUT2D eigenvalue weighted by molar-refractivity contribution is 7.92. The molecular formula is C26H25N3O7S2. The van der Waals surface area contributed by atoms with E-state index in [1.165, 1.54) is 55.9 Å². The smallest absolute Gasteiger partial charge is 0.326 e. The lowest BCUT2D eigenvalue weighted by Crippen LogP contribution is -2.23. The van der Waals surface area contributed by atoms with Gasteiger partial charge in [-0.2, -0.15) is 4.99 Å². The number of aromatic nitrogens is 1. The van der Waals surface area contributed by atoms with Crippen LogP contribution in [0.4, 0.5) is 5.69 Å². The van der Waals surface area contributed by atoms with E-state index in [0.29, 0.717) is 21.7 Å². The Bertz CT molecular complexity index is 1660. The van der Waals surface area contributed by atoms with Gasteiger partial charge in [-0.15, -0.1) is 0 Å². The van der Waals surface area contributed by atoms with Gasteiger partial charge in [-0.05, 0) is 37.3 Å². The molecule has 1 N–H and O–H groups in total. The van der Waals surface area contributed by atoms with Gasteiger partial charge in [0.25, 0.3) is 15.9 Å². The Balaban J connectivity index is 1.74. The van der Waals surface area contributed by atoms with Crippen LogP contribution in [-0.2, 0) is 26.1 Å². The molecule has 0 saturated carbocycles. The second-order valence-electron chi connectivity index (χ2n) is 7.87. The minimum atomic E-state index is -3.84. The van der Waals surface area contributed by atoms with Crippen molar-refractivity contribution < 1.29 is 32.2 Å². The molecule has 198 valence electrons. The third-order valence-corrected chi connectivity index (χ3v) is 7.83. The molecule has 3 aromatic carbocycles. The van der Waals surface area contributed by atoms with E-state index in [4.69, 9.17) is 14.2 Å². The first-order valence-electron chi connectivity index (χ1n) is 11.4. The first kappa shape index (κ1) is 26.9. The molecule has 12 heteroatoms. The summed E-state index contributed by atoms with van der Waals surface area (Å²) in [5.41, 5.74) is 0.977. The number of anilines is 1. The Labute approximate surface area is 223 Å². The topological polar surface area (TPSA) is 125 Å². The maximum Gasteiger partial charge on any atom is 0.326 e. The number of methoxy groups -OCH3 is 2. The van der Waals surface area contributed by atoms with Crippen molar-refractivity contribution >= 4 is 49.1 Å². The summed E-state index contributed by atoms with van der Waals surface area (Å²) in [6, 6.07) is 17.4. The van der Waals surface area contributed by atoms with Crippen molar-refractivity contribution in [1.82, 2.24) is 4.57 Å². The molecule has 1 heterocycles. The van der Waals surface area contributed by atoms with Gasteiger partial charge in [-0.1, -0.05) is 35.6 Å². The molecular weight excluding hydrogens is 530 g/mol. The fraction of sp³-hybridized carbons (Fsp3) is 0.192. The van der Waals surface area contributed by atoms with Crippen LogP contribution in [0, 0.1) is 0 Å². The SMILES string of the molecule is CCOC(=O)Cn1c(=NC(=O)c2cccc(NS(=O)(=O)c3ccccc3)c2)sc2cc(OC)c(OC)cc21. The van der Waals surface area contributed by atoms with Crippen LogP contribution in [0.15, 0.2) is 76.6 Å². The lowest BCUT2D eigenvalue weighted by molar-refractivity contribution is -0.143. The monoisotopic (exact) mass is 555 g/mol. The van der Waals surface area contributed by atoms with Gasteiger partial charge in [-0.25, -0.2) is 8.42 Å². The zero-order chi connectivity index (χ0) is 27.3. The van der Waals surface area contributed by atoms with E-state index < -0.39 is 21.9 Å². The van der Waals surface area contributed by atoms with Crippen LogP contribution >= 0.6 is 11.3 Å². The molecule has 0 aliphatic rings. The number of nitrogens with zero attached hydrogens (tertiary/aromatic N) is 2. The van der Waals surface area contributed by atoms with Crippen molar-refractivity contribution in [2.75, 3.05) is 25.5 Å². The first-order valence-corrected chi connectivity index (χ1v) is 13.7. The van der Waals surface area contributed by atoms with E-state index >= 15 is 0 Å². The molecule has 1 amide bonds. The molecule has 4 aromatic rings. The molecule has 0 radical (unpaired) electrons. The van der Waals surface area contributed by atoms with E-state index in [-0.39, 0.29) is 34.1 Å². The second kappa shape index (κ2) is 11.5. The van der Waals surface area contributed by atoms with Crippen LogP contribution < -0.4 is 19.0 Å². The number of carbonyl (C=O) groups is 2. The average Bonchev–Trinajstić information content (AvgIpc) is 3.23. The molecule has 38 heavy (non-hydrogen) atoms. The summed E-state index contributed by atoms with van der Waals surface area (Å²) in [4.78, 5) is 30.1. The molecule has 0 saturated heterocycles. The standard InChI is InChI=1S/C26H25N3O7S2/c1-4-36-24(30)16-29-20-14-21(34-2)22(35-3)15-23(20)37-26(29)27-25(31)17-9-8-10-18(13-17)28-38(32,33)19-11-6-5-7-12-19/h5-15,28H,4,16H2,1-3H3. The number of carbonyl (C=O) groups excluding carboxylic acids is 2. The highest BCUT2D eigenvalue weighted by Crippen LogP contribution is 2.33. The number of ether oxygens (including phenoxy) is 3. The maximum atomic E-state index is 13.2. The molecule has 0 spiro atoms. The highest BCUT2D eigenvalue weighted by atomic mass is 32.2. The van der Waals surface area contributed by atoms with Crippen LogP contribution in [0.25, 0.3) is 10.2 Å². The fourth-order valence-corrected chi connectivity index (χ4v) is 5.76. The van der Waals surface area contributed by atoms with E-state index in [9.17, 15) is 18.0 Å². The zero-order valence-corrected chi connectivity index (χ0v) is 22.5. The van der Waals surface area contributed by atoms with Crippen LogP contribution in [0.2, 0.25) is 0 Å². The van der Waals surface area contributed by atoms with Crippen molar-refractivity contribution in [2.45, 2.75) is 18.4 Å². The van der Waals surface area contributed by atoms with Gasteiger partial charge in [0.2, 0.25) is 0 Å². The third kappa shape index (κ3) is 5.87. The van der Waals surface area contributed by atoms with Gasteiger partial charge < -0.3 is 18.8 Å². The minimum Gasteiger partial charge on any atom is -0.493 e. The summed E-state index contributed by atoms with van der Waals surface area (Å²) < 4.78 is 46.0. The van der Waals surface area contributed by atoms with E-state index in [2.05, 4.69) is 9.71 Å². The largest absolute Gasteiger partial charge is 0.493 e. The summed E-state index contributed by atoms with van der Waals surface area (Å²) in [5.74, 6) is -0.172. The maximum absolute atomic E-state index is 13.2. The Morgan fingerprint density at radius 3 is 2.37 bits per heavy atom. The van der Waals surface area contributed by atoms with Gasteiger partial charge >= 0.3 is 5.97 Å². The van der Waals surface area contributed by atoms with Crippen molar-refractivity contribution in [1.29, 1.82) is 0 Å². The van der Waals surface area contributed by atoms with E-state index in [1.807, 2.05) is 0 Å². The summed E-state index contributed by atoms with van der Waals surface area (Å²) in [6.45, 7) is 1.73. The predicted molar refractivity (Wildman–Crippen MR) is 143 cm³/mol. The summed E-state index contributed by atoms with van der Waals surface area (Å²) in [5, 5.41) is 0. The molecule has 1 aromatic heterocycles. The number of thiazole rings is 1. The van der Waals surface area contributed by atoms with Crippen LogP contribution in [0.1, 0.15) is 17.3 Å².